The predicted molar refractivity (Wildman–Crippen MR) is 130 cm³/mol. The minimum Gasteiger partial charge on any atom is -0.397 e. The molecule has 3 aromatic rings. The molecule has 32 heavy (non-hydrogen) atoms. The summed E-state index contributed by atoms with van der Waals surface area (Å²) in [7, 11) is 0. The summed E-state index contributed by atoms with van der Waals surface area (Å²) >= 11 is 0. The molecular weight excluding hydrogens is 407 g/mol. The predicted octanol–water partition coefficient (Wildman–Crippen LogP) is 3.33. The second kappa shape index (κ2) is 9.13. The first-order chi connectivity index (χ1) is 15.4. The Balaban J connectivity index is 1.58. The maximum atomic E-state index is 14.9. The summed E-state index contributed by atoms with van der Waals surface area (Å²) in [6.45, 7) is 10.7. The summed E-state index contributed by atoms with van der Waals surface area (Å²) in [5.74, 6) is 6.33. The Labute approximate surface area is 188 Å². The van der Waals surface area contributed by atoms with Crippen molar-refractivity contribution in [3.8, 4) is 0 Å². The van der Waals surface area contributed by atoms with Crippen LogP contribution < -0.4 is 26.8 Å². The van der Waals surface area contributed by atoms with E-state index in [0.29, 0.717) is 34.2 Å². The molecular formula is C23H31FN8. The topological polar surface area (TPSA) is 99.6 Å². The van der Waals surface area contributed by atoms with Crippen LogP contribution in [0.4, 0.5) is 33.1 Å². The average molecular weight is 439 g/mol. The third kappa shape index (κ3) is 4.39. The number of rotatable bonds is 6. The van der Waals surface area contributed by atoms with Gasteiger partial charge >= 0.3 is 0 Å². The van der Waals surface area contributed by atoms with E-state index in [9.17, 15) is 4.39 Å². The molecule has 9 heteroatoms. The van der Waals surface area contributed by atoms with E-state index in [-0.39, 0.29) is 11.9 Å². The van der Waals surface area contributed by atoms with Gasteiger partial charge in [-0.25, -0.2) is 20.2 Å². The number of hydrogen-bond donors (Lipinski definition) is 3. The number of hydrazine groups is 1. The zero-order valence-corrected chi connectivity index (χ0v) is 18.8. The van der Waals surface area contributed by atoms with Crippen LogP contribution in [0.1, 0.15) is 20.8 Å². The van der Waals surface area contributed by atoms with Gasteiger partial charge in [0.15, 0.2) is 0 Å². The van der Waals surface area contributed by atoms with Gasteiger partial charge in [-0.15, -0.1) is 0 Å². The van der Waals surface area contributed by atoms with E-state index in [4.69, 9.17) is 11.6 Å². The summed E-state index contributed by atoms with van der Waals surface area (Å²) in [4.78, 5) is 13.5. The number of likely N-dealkylation sites (N-methyl/N-ethyl adjacent to an activating group) is 1. The fourth-order valence-electron chi connectivity index (χ4n) is 3.96. The van der Waals surface area contributed by atoms with Crippen molar-refractivity contribution in [2.45, 2.75) is 26.8 Å². The number of nitrogens with zero attached hydrogens (tertiary/aromatic N) is 5. The van der Waals surface area contributed by atoms with E-state index in [1.807, 2.05) is 32.0 Å². The van der Waals surface area contributed by atoms with Gasteiger partial charge in [-0.3, -0.25) is 0 Å². The molecule has 1 aromatic heterocycles. The molecule has 0 atom stereocenters. The largest absolute Gasteiger partial charge is 0.397 e. The average Bonchev–Trinajstić information content (AvgIpc) is 2.79. The second-order valence-electron chi connectivity index (χ2n) is 8.35. The normalized spacial score (nSPS) is 14.9. The van der Waals surface area contributed by atoms with Gasteiger partial charge in [0.05, 0.1) is 11.4 Å². The molecule has 170 valence electrons. The van der Waals surface area contributed by atoms with Gasteiger partial charge in [0.2, 0.25) is 5.95 Å². The quantitative estimate of drug-likeness (QED) is 0.306. The number of nitrogen functional groups attached to an aromatic ring is 1. The lowest BCUT2D eigenvalue weighted by Gasteiger charge is -2.35. The van der Waals surface area contributed by atoms with Crippen LogP contribution >= 0.6 is 0 Å². The van der Waals surface area contributed by atoms with E-state index in [1.165, 1.54) is 6.07 Å². The first-order valence-corrected chi connectivity index (χ1v) is 11.0. The molecule has 1 fully saturated rings. The summed E-state index contributed by atoms with van der Waals surface area (Å²) in [6, 6.07) is 8.84. The first-order valence-electron chi connectivity index (χ1n) is 11.0. The number of anilines is 5. The highest BCUT2D eigenvalue weighted by molar-refractivity contribution is 5.97. The molecule has 2 heterocycles. The third-order valence-corrected chi connectivity index (χ3v) is 5.94. The summed E-state index contributed by atoms with van der Waals surface area (Å²) in [5.41, 5.74) is 9.23. The summed E-state index contributed by atoms with van der Waals surface area (Å²) in [5, 5.41) is 5.53. The van der Waals surface area contributed by atoms with Crippen molar-refractivity contribution in [2.75, 3.05) is 53.7 Å². The van der Waals surface area contributed by atoms with Gasteiger partial charge in [-0.05, 0) is 50.7 Å². The maximum absolute atomic E-state index is 14.9. The van der Waals surface area contributed by atoms with Crippen LogP contribution in [0.15, 0.2) is 36.5 Å². The van der Waals surface area contributed by atoms with E-state index >= 15 is 0 Å². The number of hydrogen-bond acceptors (Lipinski definition) is 8. The minimum atomic E-state index is -0.265. The Morgan fingerprint density at radius 2 is 1.91 bits per heavy atom. The maximum Gasteiger partial charge on any atom is 0.227 e. The molecule has 0 spiro atoms. The van der Waals surface area contributed by atoms with Crippen molar-refractivity contribution in [1.82, 2.24) is 14.9 Å². The van der Waals surface area contributed by atoms with Crippen molar-refractivity contribution in [3.63, 3.8) is 0 Å². The fraction of sp³-hybridized carbons (Fsp3) is 0.391. The van der Waals surface area contributed by atoms with Crippen LogP contribution in [-0.4, -0.2) is 53.6 Å². The van der Waals surface area contributed by atoms with E-state index in [0.717, 1.165) is 38.1 Å². The monoisotopic (exact) mass is 438 g/mol. The standard InChI is InChI=1S/C23H31FN8/c1-4-30-9-11-31(12-10-30)20-8-6-17(13-18(20)24)28-23-27-14-16-5-7-19(25)22(21(16)29-23)32(26)15(2)3/h5-8,13-15H,4,9-12,25-26H2,1-3H3,(H,27,28,29). The summed E-state index contributed by atoms with van der Waals surface area (Å²) in [6.07, 6.45) is 1.71. The van der Waals surface area contributed by atoms with Crippen molar-refractivity contribution in [2.24, 2.45) is 5.84 Å². The van der Waals surface area contributed by atoms with Crippen LogP contribution in [0.25, 0.3) is 10.9 Å². The molecule has 1 aliphatic rings. The molecule has 0 unspecified atom stereocenters. The number of fused-ring (bicyclic) bond motifs is 1. The molecule has 8 nitrogen and oxygen atoms in total. The van der Waals surface area contributed by atoms with E-state index in [1.54, 1.807) is 17.3 Å². The second-order valence-corrected chi connectivity index (χ2v) is 8.35. The molecule has 0 amide bonds. The van der Waals surface area contributed by atoms with Gasteiger partial charge in [0.1, 0.15) is 17.0 Å². The molecule has 4 rings (SSSR count). The SMILES string of the molecule is CCN1CCN(c2ccc(Nc3ncc4ccc(N)c(N(N)C(C)C)c4n3)cc2F)CC1. The van der Waals surface area contributed by atoms with Crippen molar-refractivity contribution >= 4 is 39.6 Å². The Morgan fingerprint density at radius 1 is 1.16 bits per heavy atom. The first kappa shape index (κ1) is 22.0. The van der Waals surface area contributed by atoms with Crippen LogP contribution in [0.3, 0.4) is 0 Å². The Morgan fingerprint density at radius 3 is 2.56 bits per heavy atom. The van der Waals surface area contributed by atoms with E-state index < -0.39 is 0 Å². The molecule has 0 bridgehead atoms. The molecule has 1 saturated heterocycles. The van der Waals surface area contributed by atoms with Crippen LogP contribution in [0.2, 0.25) is 0 Å². The minimum absolute atomic E-state index is 0.0371. The van der Waals surface area contributed by atoms with Crippen molar-refractivity contribution < 1.29 is 4.39 Å². The molecule has 0 radical (unpaired) electrons. The number of halogens is 1. The van der Waals surface area contributed by atoms with E-state index in [2.05, 4.69) is 32.0 Å². The zero-order valence-electron chi connectivity index (χ0n) is 18.8. The van der Waals surface area contributed by atoms with Crippen LogP contribution in [0, 0.1) is 5.82 Å². The number of benzene rings is 2. The molecule has 2 aromatic carbocycles. The Hall–Kier alpha value is -3.17. The molecule has 0 saturated carbocycles. The fourth-order valence-corrected chi connectivity index (χ4v) is 3.96. The van der Waals surface area contributed by atoms with Crippen LogP contribution in [-0.2, 0) is 0 Å². The van der Waals surface area contributed by atoms with Crippen LogP contribution in [0.5, 0.6) is 0 Å². The van der Waals surface area contributed by atoms with Gasteiger partial charge < -0.3 is 25.9 Å². The number of aromatic nitrogens is 2. The Kier molecular flexibility index (Phi) is 6.29. The van der Waals surface area contributed by atoms with Gasteiger partial charge in [0.25, 0.3) is 0 Å². The highest BCUT2D eigenvalue weighted by Gasteiger charge is 2.19. The zero-order chi connectivity index (χ0) is 22.8. The molecule has 5 N–H and O–H groups in total. The Bertz CT molecular complexity index is 1090. The van der Waals surface area contributed by atoms with Gasteiger partial charge in [0, 0.05) is 49.5 Å². The number of nitrogens with two attached hydrogens (primary N) is 2. The lowest BCUT2D eigenvalue weighted by atomic mass is 10.1. The van der Waals surface area contributed by atoms with Crippen molar-refractivity contribution in [3.05, 3.63) is 42.3 Å². The summed E-state index contributed by atoms with van der Waals surface area (Å²) < 4.78 is 14.9. The third-order valence-electron chi connectivity index (χ3n) is 5.94. The highest BCUT2D eigenvalue weighted by Crippen LogP contribution is 2.32. The smallest absolute Gasteiger partial charge is 0.227 e. The van der Waals surface area contributed by atoms with Crippen molar-refractivity contribution in [1.29, 1.82) is 0 Å². The lowest BCUT2D eigenvalue weighted by molar-refractivity contribution is 0.270. The van der Waals surface area contributed by atoms with Gasteiger partial charge in [-0.2, -0.15) is 0 Å². The molecule has 0 aliphatic carbocycles. The molecule has 1 aliphatic heterocycles. The highest BCUT2D eigenvalue weighted by atomic mass is 19.1. The number of nitrogens with one attached hydrogen (secondary N) is 1. The van der Waals surface area contributed by atoms with Gasteiger partial charge in [-0.1, -0.05) is 6.92 Å². The number of piperazine rings is 1. The lowest BCUT2D eigenvalue weighted by Crippen LogP contribution is -2.46.